The van der Waals surface area contributed by atoms with Crippen molar-refractivity contribution in [3.63, 3.8) is 0 Å². The van der Waals surface area contributed by atoms with Gasteiger partial charge in [-0.05, 0) is 243 Å². The monoisotopic (exact) mass is 1370 g/mol. The summed E-state index contributed by atoms with van der Waals surface area (Å²) in [4.78, 5) is 52.8. The van der Waals surface area contributed by atoms with Gasteiger partial charge in [-0.1, -0.05) is 72.8 Å². The van der Waals surface area contributed by atoms with Gasteiger partial charge in [-0.25, -0.2) is 19.2 Å². The Balaban J connectivity index is 0.770. The van der Waals surface area contributed by atoms with Gasteiger partial charge in [0.25, 0.3) is 0 Å². The predicted molar refractivity (Wildman–Crippen MR) is 384 cm³/mol. The van der Waals surface area contributed by atoms with Gasteiger partial charge in [-0.2, -0.15) is 0 Å². The maximum atomic E-state index is 13.2. The van der Waals surface area contributed by atoms with Crippen LogP contribution in [0.4, 0.5) is 0 Å². The summed E-state index contributed by atoms with van der Waals surface area (Å²) in [6, 6.07) is 60.5. The normalized spacial score (nSPS) is 12.8. The number of rotatable bonds is 24. The van der Waals surface area contributed by atoms with Crippen LogP contribution in [0.1, 0.15) is 41.4 Å². The zero-order valence-electron chi connectivity index (χ0n) is 54.2. The number of aliphatic hydroxyl groups is 4. The molecule has 0 heterocycles. The first-order chi connectivity index (χ1) is 49.4. The molecule has 20 nitrogen and oxygen atoms in total. The zero-order valence-corrected chi connectivity index (χ0v) is 54.2. The molecule has 0 radical (unpaired) electrons. The second kappa shape index (κ2) is 28.8. The van der Waals surface area contributed by atoms with E-state index in [1.165, 1.54) is 24.3 Å². The average Bonchev–Trinajstić information content (AvgIpc) is 0.705. The molecular weight excluding hydrogens is 1300 g/mol. The van der Waals surface area contributed by atoms with Crippen LogP contribution >= 0.6 is 0 Å². The molecule has 14 aromatic carbocycles. The Morgan fingerprint density at radius 3 is 0.667 bits per heavy atom. The fourth-order valence-corrected chi connectivity index (χ4v) is 12.5. The van der Waals surface area contributed by atoms with Crippen molar-refractivity contribution in [3.05, 3.63) is 241 Å². The molecule has 512 valence electrons. The van der Waals surface area contributed by atoms with Crippen molar-refractivity contribution in [1.29, 1.82) is 0 Å². The van der Waals surface area contributed by atoms with E-state index in [4.69, 9.17) is 37.9 Å². The van der Waals surface area contributed by atoms with Crippen molar-refractivity contribution in [3.8, 4) is 46.0 Å². The van der Waals surface area contributed by atoms with Crippen LogP contribution in [0.15, 0.2) is 218 Å². The predicted octanol–water partition coefficient (Wildman–Crippen LogP) is 13.3. The fourth-order valence-electron chi connectivity index (χ4n) is 12.5. The van der Waals surface area contributed by atoms with E-state index in [2.05, 4.69) is 0 Å². The Morgan fingerprint density at radius 1 is 0.235 bits per heavy atom. The maximum absolute atomic E-state index is 13.2. The standard InChI is InChI=1S/C82H64O20/c83-57-13-9-45-25-53(5-1-49(45)29-57)79(91)99-41-61(87)37-95-65-17-21-69-73(33-65)74-34-66(96-38-62(88)42-100-80(92)54-6-2-50-30-58(84)14-10-46(50)26-54)18-22-70(74)78-72-24-20-68(98-40-64(90)44-102-82(94)56-8-4-52-32-60(86)16-12-48(52)28-56)36-76(72)75-35-67(19-23-71(75)77(69)78)97-39-63(89)43-101-81(93)55-7-3-51-31-59(85)15-11-47(51)27-55/h1-36,61-64,83-90H,37-44H2. The van der Waals surface area contributed by atoms with Crippen LogP contribution < -0.4 is 18.9 Å². The Kier molecular flexibility index (Phi) is 18.8. The van der Waals surface area contributed by atoms with E-state index in [-0.39, 0.29) is 71.7 Å². The highest BCUT2D eigenvalue weighted by Gasteiger charge is 2.23. The number of phenolic OH excluding ortho intramolecular Hbond substituents is 4. The summed E-state index contributed by atoms with van der Waals surface area (Å²) in [5, 5.41) is 97.4. The maximum Gasteiger partial charge on any atom is 0.338 e. The van der Waals surface area contributed by atoms with E-state index in [1.807, 2.05) is 48.5 Å². The van der Waals surface area contributed by atoms with E-state index in [1.54, 1.807) is 146 Å². The molecule has 4 atom stereocenters. The van der Waals surface area contributed by atoms with Crippen molar-refractivity contribution >= 4 is 121 Å². The number of aromatic hydroxyl groups is 4. The number of phenols is 4. The molecule has 102 heavy (non-hydrogen) atoms. The number of esters is 4. The van der Waals surface area contributed by atoms with Gasteiger partial charge in [0.05, 0.1) is 22.3 Å². The Morgan fingerprint density at radius 2 is 0.441 bits per heavy atom. The Hall–Kier alpha value is -12.5. The van der Waals surface area contributed by atoms with Gasteiger partial charge >= 0.3 is 23.9 Å². The highest BCUT2D eigenvalue weighted by atomic mass is 16.6. The molecule has 0 aromatic heterocycles. The molecule has 0 aliphatic rings. The zero-order chi connectivity index (χ0) is 70.7. The molecule has 14 rings (SSSR count). The molecule has 8 N–H and O–H groups in total. The van der Waals surface area contributed by atoms with Crippen LogP contribution in [0, 0.1) is 0 Å². The van der Waals surface area contributed by atoms with Gasteiger partial charge in [0.2, 0.25) is 0 Å². The SMILES string of the molecule is O=C(OCC(O)COc1ccc2c(c1)c1cc(OCC(O)COC(=O)c3ccc4cc(O)ccc4c3)ccc1c1c3ccc(OCC(O)COC(=O)c4ccc5cc(O)ccc5c4)cc3c3cc(OCC(O)COC(=O)c4ccc5cc(O)ccc5c4)ccc3c21)c1ccc2cc(O)ccc2c1. The van der Waals surface area contributed by atoms with Crippen molar-refractivity contribution in [2.45, 2.75) is 24.4 Å². The number of carbonyl (C=O) groups is 4. The third-order valence-corrected chi connectivity index (χ3v) is 17.5. The highest BCUT2D eigenvalue weighted by molar-refractivity contribution is 6.39. The Bertz CT molecular complexity index is 4950. The lowest BCUT2D eigenvalue weighted by atomic mass is 9.87. The first kappa shape index (κ1) is 66.8. The second-order valence-electron chi connectivity index (χ2n) is 24.8. The molecule has 0 bridgehead atoms. The van der Waals surface area contributed by atoms with Gasteiger partial charge in [-0.15, -0.1) is 0 Å². The summed E-state index contributed by atoms with van der Waals surface area (Å²) in [6.45, 7) is -2.69. The summed E-state index contributed by atoms with van der Waals surface area (Å²) in [5.74, 6) is -0.943. The van der Waals surface area contributed by atoms with Crippen LogP contribution in [0.2, 0.25) is 0 Å². The van der Waals surface area contributed by atoms with Gasteiger partial charge in [0.1, 0.15) is 123 Å². The minimum atomic E-state index is -1.26. The number of fused-ring (bicyclic) bond motifs is 15. The fraction of sp³-hybridized carbons (Fsp3) is 0.146. The molecule has 14 aromatic rings. The van der Waals surface area contributed by atoms with Crippen LogP contribution in [0.3, 0.4) is 0 Å². The van der Waals surface area contributed by atoms with Crippen LogP contribution in [-0.2, 0) is 18.9 Å². The number of carbonyl (C=O) groups excluding carboxylic acids is 4. The molecule has 0 amide bonds. The summed E-state index contributed by atoms with van der Waals surface area (Å²) < 4.78 is 47.0. The van der Waals surface area contributed by atoms with E-state index >= 15 is 0 Å². The molecule has 4 unspecified atom stereocenters. The lowest BCUT2D eigenvalue weighted by Gasteiger charge is -2.20. The highest BCUT2D eigenvalue weighted by Crippen LogP contribution is 2.47. The molecular formula is C82H64O20. The van der Waals surface area contributed by atoms with E-state index in [0.29, 0.717) is 66.1 Å². The van der Waals surface area contributed by atoms with Crippen molar-refractivity contribution in [2.24, 2.45) is 0 Å². The number of aliphatic hydroxyl groups excluding tert-OH is 4. The lowest BCUT2D eigenvalue weighted by molar-refractivity contribution is 0.0127. The molecule has 0 spiro atoms. The van der Waals surface area contributed by atoms with Gasteiger partial charge < -0.3 is 78.7 Å². The summed E-state index contributed by atoms with van der Waals surface area (Å²) in [6.07, 6.45) is -5.02. The molecule has 0 saturated carbocycles. The molecule has 0 aliphatic carbocycles. The van der Waals surface area contributed by atoms with Crippen molar-refractivity contribution < 1.29 is 97.9 Å². The molecule has 0 fully saturated rings. The summed E-state index contributed by atoms with van der Waals surface area (Å²) in [7, 11) is 0. The van der Waals surface area contributed by atoms with Crippen molar-refractivity contribution in [2.75, 3.05) is 52.9 Å². The number of ether oxygens (including phenoxy) is 8. The largest absolute Gasteiger partial charge is 0.508 e. The van der Waals surface area contributed by atoms with E-state index in [9.17, 15) is 60.0 Å². The summed E-state index contributed by atoms with van der Waals surface area (Å²) >= 11 is 0. The second-order valence-corrected chi connectivity index (χ2v) is 24.8. The number of hydrogen-bond acceptors (Lipinski definition) is 20. The van der Waals surface area contributed by atoms with Gasteiger partial charge in [-0.3, -0.25) is 0 Å². The number of hydrogen-bond donors (Lipinski definition) is 8. The molecule has 0 saturated heterocycles. The van der Waals surface area contributed by atoms with E-state index in [0.717, 1.165) is 53.9 Å². The Labute approximate surface area is 580 Å². The first-order valence-electron chi connectivity index (χ1n) is 32.6. The third-order valence-electron chi connectivity index (χ3n) is 17.5. The quantitative estimate of drug-likeness (QED) is 0.0158. The van der Waals surface area contributed by atoms with Gasteiger partial charge in [0.15, 0.2) is 0 Å². The molecule has 0 aliphatic heterocycles. The van der Waals surface area contributed by atoms with Crippen molar-refractivity contribution in [1.82, 2.24) is 0 Å². The first-order valence-corrected chi connectivity index (χ1v) is 32.6. The number of benzene rings is 14. The van der Waals surface area contributed by atoms with E-state index < -0.39 is 74.7 Å². The lowest BCUT2D eigenvalue weighted by Crippen LogP contribution is -2.25. The molecule has 20 heteroatoms. The van der Waals surface area contributed by atoms with Crippen LogP contribution in [0.5, 0.6) is 46.0 Å². The average molecular weight is 1370 g/mol. The van der Waals surface area contributed by atoms with Crippen LogP contribution in [-0.4, -0.2) is 142 Å². The third kappa shape index (κ3) is 14.7. The minimum Gasteiger partial charge on any atom is -0.508 e. The van der Waals surface area contributed by atoms with Crippen LogP contribution in [0.25, 0.3) is 97.0 Å². The summed E-state index contributed by atoms with van der Waals surface area (Å²) in [5.41, 5.74) is 1.01. The van der Waals surface area contributed by atoms with Gasteiger partial charge in [0, 0.05) is 0 Å². The minimum absolute atomic E-state index is 0.0856. The smallest absolute Gasteiger partial charge is 0.338 e. The topological polar surface area (TPSA) is 304 Å².